The molecule has 0 heterocycles. The molecule has 0 aliphatic carbocycles. The standard InChI is InChI=1S/C26H60N10O2S2/c27-9-5-15-29-11-1-3-13-31-17-7-19-33-25(37)35-21-23-39-40-24-22-36-26(38)34-20-8-18-32-14-4-2-12-30-16-6-10-28/h29-32H,1-24,27-28H2,(H2,33,35,37)(H2,34,36,38). The van der Waals surface area contributed by atoms with Crippen LogP contribution >= 0.6 is 21.6 Å². The molecule has 12 nitrogen and oxygen atoms in total. The number of amides is 4. The summed E-state index contributed by atoms with van der Waals surface area (Å²) >= 11 is 0. The summed E-state index contributed by atoms with van der Waals surface area (Å²) in [6.45, 7) is 12.0. The van der Waals surface area contributed by atoms with Crippen LogP contribution in [0.1, 0.15) is 51.4 Å². The van der Waals surface area contributed by atoms with Crippen LogP contribution in [0.5, 0.6) is 0 Å². The second-order valence-corrected chi connectivity index (χ2v) is 12.1. The van der Waals surface area contributed by atoms with Gasteiger partial charge in [0, 0.05) is 37.7 Å². The number of urea groups is 2. The first-order chi connectivity index (χ1) is 19.7. The van der Waals surface area contributed by atoms with Crippen LogP contribution in [0.2, 0.25) is 0 Å². The van der Waals surface area contributed by atoms with E-state index in [2.05, 4.69) is 42.5 Å². The molecular weight excluding hydrogens is 548 g/mol. The molecule has 0 aromatic heterocycles. The van der Waals surface area contributed by atoms with Crippen molar-refractivity contribution in [3.05, 3.63) is 0 Å². The van der Waals surface area contributed by atoms with E-state index in [0.29, 0.717) is 26.2 Å². The Morgan fingerprint density at radius 2 is 0.700 bits per heavy atom. The summed E-state index contributed by atoms with van der Waals surface area (Å²) in [5.41, 5.74) is 10.9. The molecule has 0 fully saturated rings. The highest BCUT2D eigenvalue weighted by molar-refractivity contribution is 8.76. The number of nitrogens with one attached hydrogen (secondary N) is 8. The molecule has 0 saturated heterocycles. The summed E-state index contributed by atoms with van der Waals surface area (Å²) in [6, 6.07) is -0.233. The van der Waals surface area contributed by atoms with Crippen molar-refractivity contribution in [2.45, 2.75) is 51.4 Å². The van der Waals surface area contributed by atoms with Gasteiger partial charge in [0.2, 0.25) is 0 Å². The fourth-order valence-corrected chi connectivity index (χ4v) is 5.25. The zero-order chi connectivity index (χ0) is 29.2. The van der Waals surface area contributed by atoms with Gasteiger partial charge in [-0.05, 0) is 117 Å². The van der Waals surface area contributed by atoms with E-state index in [-0.39, 0.29) is 12.1 Å². The van der Waals surface area contributed by atoms with Gasteiger partial charge >= 0.3 is 12.1 Å². The molecule has 4 amide bonds. The molecule has 0 radical (unpaired) electrons. The fourth-order valence-electron chi connectivity index (χ4n) is 3.44. The van der Waals surface area contributed by atoms with Gasteiger partial charge < -0.3 is 54.0 Å². The zero-order valence-corrected chi connectivity index (χ0v) is 26.4. The molecule has 0 atom stereocenters. The minimum atomic E-state index is -0.117. The van der Waals surface area contributed by atoms with Gasteiger partial charge in [-0.1, -0.05) is 21.6 Å². The van der Waals surface area contributed by atoms with Crippen LogP contribution in [0.3, 0.4) is 0 Å². The van der Waals surface area contributed by atoms with Crippen molar-refractivity contribution in [3.63, 3.8) is 0 Å². The van der Waals surface area contributed by atoms with Crippen molar-refractivity contribution in [2.24, 2.45) is 11.5 Å². The lowest BCUT2D eigenvalue weighted by atomic mass is 10.3. The molecule has 40 heavy (non-hydrogen) atoms. The van der Waals surface area contributed by atoms with Crippen LogP contribution < -0.4 is 54.0 Å². The van der Waals surface area contributed by atoms with E-state index in [9.17, 15) is 9.59 Å². The second-order valence-electron chi connectivity index (χ2n) is 9.42. The Hall–Kier alpha value is -1.00. The van der Waals surface area contributed by atoms with Gasteiger partial charge in [0.05, 0.1) is 0 Å². The smallest absolute Gasteiger partial charge is 0.314 e. The maximum Gasteiger partial charge on any atom is 0.314 e. The lowest BCUT2D eigenvalue weighted by molar-refractivity contribution is 0.240. The molecule has 238 valence electrons. The number of hydrogen-bond acceptors (Lipinski definition) is 10. The Labute approximate surface area is 251 Å². The molecule has 0 spiro atoms. The van der Waals surface area contributed by atoms with Crippen LogP contribution in [-0.2, 0) is 0 Å². The first-order valence-corrected chi connectivity index (χ1v) is 17.7. The SMILES string of the molecule is NCCCNCCCCNCCCNC(=O)NCCSSCCNC(=O)NCCCNCCCCNCCCN. The van der Waals surface area contributed by atoms with Gasteiger partial charge in [-0.3, -0.25) is 0 Å². The summed E-state index contributed by atoms with van der Waals surface area (Å²) in [7, 11) is 3.39. The first kappa shape index (κ1) is 39.0. The van der Waals surface area contributed by atoms with E-state index in [4.69, 9.17) is 11.5 Å². The quantitative estimate of drug-likeness (QED) is 0.0390. The van der Waals surface area contributed by atoms with Gasteiger partial charge in [-0.25, -0.2) is 9.59 Å². The average molecular weight is 609 g/mol. The predicted molar refractivity (Wildman–Crippen MR) is 174 cm³/mol. The number of carbonyl (C=O) groups is 2. The Bertz CT molecular complexity index is 508. The van der Waals surface area contributed by atoms with Gasteiger partial charge in [0.1, 0.15) is 0 Å². The third-order valence-electron chi connectivity index (χ3n) is 5.69. The number of hydrogen-bond donors (Lipinski definition) is 10. The van der Waals surface area contributed by atoms with Gasteiger partial charge in [0.15, 0.2) is 0 Å². The highest BCUT2D eigenvalue weighted by Gasteiger charge is 2.01. The lowest BCUT2D eigenvalue weighted by Crippen LogP contribution is -2.38. The summed E-state index contributed by atoms with van der Waals surface area (Å²) < 4.78 is 0. The topological polar surface area (TPSA) is 182 Å². The number of rotatable bonds is 31. The van der Waals surface area contributed by atoms with Crippen molar-refractivity contribution >= 4 is 33.7 Å². The van der Waals surface area contributed by atoms with Crippen LogP contribution in [-0.4, -0.2) is 115 Å². The fraction of sp³-hybridized carbons (Fsp3) is 0.923. The van der Waals surface area contributed by atoms with Crippen LogP contribution in [0.25, 0.3) is 0 Å². The Kier molecular flexibility index (Phi) is 33.3. The van der Waals surface area contributed by atoms with Gasteiger partial charge in [-0.15, -0.1) is 0 Å². The molecule has 0 rings (SSSR count). The number of unbranched alkanes of at least 4 members (excludes halogenated alkanes) is 2. The monoisotopic (exact) mass is 608 g/mol. The highest BCUT2D eigenvalue weighted by atomic mass is 33.1. The number of carbonyl (C=O) groups excluding carboxylic acids is 2. The second kappa shape index (κ2) is 34.2. The van der Waals surface area contributed by atoms with Crippen molar-refractivity contribution in [2.75, 3.05) is 103 Å². The van der Waals surface area contributed by atoms with E-state index in [0.717, 1.165) is 128 Å². The van der Waals surface area contributed by atoms with Gasteiger partial charge in [0.25, 0.3) is 0 Å². The van der Waals surface area contributed by atoms with E-state index in [1.165, 1.54) is 0 Å². The summed E-state index contributed by atoms with van der Waals surface area (Å²) in [5, 5.41) is 25.1. The molecule has 0 bridgehead atoms. The molecule has 0 aromatic rings. The normalized spacial score (nSPS) is 10.9. The molecule has 0 aliphatic heterocycles. The Balaban J connectivity index is 3.25. The maximum atomic E-state index is 11.8. The van der Waals surface area contributed by atoms with E-state index >= 15 is 0 Å². The van der Waals surface area contributed by atoms with Crippen molar-refractivity contribution in [3.8, 4) is 0 Å². The molecule has 12 N–H and O–H groups in total. The summed E-state index contributed by atoms with van der Waals surface area (Å²) in [5.74, 6) is 1.65. The molecular formula is C26H60N10O2S2. The minimum absolute atomic E-state index is 0.117. The van der Waals surface area contributed by atoms with E-state index in [1.54, 1.807) is 21.6 Å². The third-order valence-corrected chi connectivity index (χ3v) is 8.09. The molecule has 0 unspecified atom stereocenters. The van der Waals surface area contributed by atoms with Crippen LogP contribution in [0, 0.1) is 0 Å². The summed E-state index contributed by atoms with van der Waals surface area (Å²) in [6.07, 6.45) is 8.52. The number of nitrogens with two attached hydrogens (primary N) is 2. The predicted octanol–water partition coefficient (Wildman–Crippen LogP) is 0.363. The van der Waals surface area contributed by atoms with Crippen molar-refractivity contribution in [1.82, 2.24) is 42.5 Å². The van der Waals surface area contributed by atoms with Crippen LogP contribution in [0.15, 0.2) is 0 Å². The van der Waals surface area contributed by atoms with E-state index in [1.807, 2.05) is 0 Å². The first-order valence-electron chi connectivity index (χ1n) is 15.2. The molecule has 0 aromatic carbocycles. The lowest BCUT2D eigenvalue weighted by Gasteiger charge is -2.09. The summed E-state index contributed by atoms with van der Waals surface area (Å²) in [4.78, 5) is 23.6. The molecule has 0 aliphatic rings. The van der Waals surface area contributed by atoms with Crippen molar-refractivity contribution in [1.29, 1.82) is 0 Å². The van der Waals surface area contributed by atoms with Crippen LogP contribution in [0.4, 0.5) is 9.59 Å². The van der Waals surface area contributed by atoms with Gasteiger partial charge in [-0.2, -0.15) is 0 Å². The molecule has 0 saturated carbocycles. The zero-order valence-electron chi connectivity index (χ0n) is 24.8. The minimum Gasteiger partial charge on any atom is -0.338 e. The largest absolute Gasteiger partial charge is 0.338 e. The Morgan fingerprint density at radius 1 is 0.400 bits per heavy atom. The highest BCUT2D eigenvalue weighted by Crippen LogP contribution is 2.19. The van der Waals surface area contributed by atoms with E-state index < -0.39 is 0 Å². The molecule has 14 heteroatoms. The Morgan fingerprint density at radius 3 is 1.05 bits per heavy atom. The van der Waals surface area contributed by atoms with Crippen molar-refractivity contribution < 1.29 is 9.59 Å². The third kappa shape index (κ3) is 33.2. The maximum absolute atomic E-state index is 11.8. The average Bonchev–Trinajstić information content (AvgIpc) is 2.95.